The lowest BCUT2D eigenvalue weighted by atomic mass is 10.2. The van der Waals surface area contributed by atoms with E-state index < -0.39 is 4.92 Å². The molecule has 0 fully saturated rings. The van der Waals surface area contributed by atoms with Crippen LogP contribution < -0.4 is 5.32 Å². The van der Waals surface area contributed by atoms with E-state index >= 15 is 0 Å². The minimum absolute atomic E-state index is 0.0428. The van der Waals surface area contributed by atoms with Gasteiger partial charge in [0.15, 0.2) is 5.82 Å². The summed E-state index contributed by atoms with van der Waals surface area (Å²) in [6.45, 7) is 1.64. The van der Waals surface area contributed by atoms with Gasteiger partial charge in [0.2, 0.25) is 11.1 Å². The lowest BCUT2D eigenvalue weighted by Crippen LogP contribution is -2.14. The largest absolute Gasteiger partial charge is 0.325 e. The summed E-state index contributed by atoms with van der Waals surface area (Å²) in [6, 6.07) is 11.8. The predicted molar refractivity (Wildman–Crippen MR) is 104 cm³/mol. The van der Waals surface area contributed by atoms with E-state index in [-0.39, 0.29) is 17.3 Å². The summed E-state index contributed by atoms with van der Waals surface area (Å²) in [4.78, 5) is 26.9. The number of aromatic amines is 1. The summed E-state index contributed by atoms with van der Waals surface area (Å²) in [5, 5.41) is 21.4. The highest BCUT2D eigenvalue weighted by atomic mass is 35.5. The third kappa shape index (κ3) is 4.63. The number of thioether (sulfide) groups is 1. The number of H-pyrrole nitrogens is 1. The van der Waals surface area contributed by atoms with Crippen LogP contribution in [0.3, 0.4) is 0 Å². The number of amides is 1. The molecule has 27 heavy (non-hydrogen) atoms. The molecule has 0 spiro atoms. The Kier molecular flexibility index (Phi) is 5.72. The fourth-order valence-electron chi connectivity index (χ4n) is 2.30. The van der Waals surface area contributed by atoms with Crippen LogP contribution in [0.4, 0.5) is 11.4 Å². The number of nitrogens with zero attached hydrogens (tertiary/aromatic N) is 3. The Morgan fingerprint density at radius 2 is 2.11 bits per heavy atom. The minimum Gasteiger partial charge on any atom is -0.325 e. The third-order valence-electron chi connectivity index (χ3n) is 3.62. The van der Waals surface area contributed by atoms with Gasteiger partial charge >= 0.3 is 0 Å². The van der Waals surface area contributed by atoms with Gasteiger partial charge in [-0.1, -0.05) is 41.6 Å². The number of aromatic nitrogens is 3. The fourth-order valence-corrected chi connectivity index (χ4v) is 3.12. The topological polar surface area (TPSA) is 114 Å². The van der Waals surface area contributed by atoms with E-state index in [0.717, 1.165) is 17.3 Å². The van der Waals surface area contributed by atoms with Crippen molar-refractivity contribution < 1.29 is 9.72 Å². The van der Waals surface area contributed by atoms with Gasteiger partial charge in [-0.15, -0.1) is 5.10 Å². The highest BCUT2D eigenvalue weighted by Gasteiger charge is 2.14. The molecule has 1 aromatic heterocycles. The van der Waals surface area contributed by atoms with Gasteiger partial charge in [0, 0.05) is 22.9 Å². The maximum atomic E-state index is 12.1. The maximum absolute atomic E-state index is 12.1. The zero-order valence-corrected chi connectivity index (χ0v) is 15.7. The van der Waals surface area contributed by atoms with Crippen molar-refractivity contribution in [2.75, 3.05) is 11.1 Å². The number of aryl methyl sites for hydroxylation is 1. The Labute approximate surface area is 163 Å². The summed E-state index contributed by atoms with van der Waals surface area (Å²) in [7, 11) is 0. The van der Waals surface area contributed by atoms with Crippen LogP contribution in [0.5, 0.6) is 0 Å². The molecule has 138 valence electrons. The predicted octanol–water partition coefficient (Wildman–Crippen LogP) is 4.07. The van der Waals surface area contributed by atoms with E-state index in [1.807, 2.05) is 18.2 Å². The van der Waals surface area contributed by atoms with E-state index in [0.29, 0.717) is 27.3 Å². The van der Waals surface area contributed by atoms with Crippen LogP contribution >= 0.6 is 23.4 Å². The first kappa shape index (κ1) is 18.9. The minimum atomic E-state index is -0.483. The smallest absolute Gasteiger partial charge is 0.274 e. The molecular weight excluding hydrogens is 390 g/mol. The third-order valence-corrected chi connectivity index (χ3v) is 4.79. The molecule has 1 heterocycles. The molecule has 0 radical (unpaired) electrons. The first-order valence-corrected chi connectivity index (χ1v) is 9.15. The molecule has 0 saturated heterocycles. The molecule has 8 nitrogen and oxygen atoms in total. The van der Waals surface area contributed by atoms with Gasteiger partial charge in [-0.2, -0.15) is 0 Å². The number of carbonyl (C=O) groups excluding carboxylic acids is 1. The average molecular weight is 404 g/mol. The number of nitrogens with one attached hydrogen (secondary N) is 2. The molecule has 1 amide bonds. The Balaban J connectivity index is 1.61. The zero-order chi connectivity index (χ0) is 19.4. The molecule has 2 N–H and O–H groups in total. The molecular formula is C17H14ClN5O3S. The summed E-state index contributed by atoms with van der Waals surface area (Å²) in [6.07, 6.45) is 0. The Morgan fingerprint density at radius 1 is 1.33 bits per heavy atom. The number of halogens is 1. The molecule has 3 aromatic rings. The van der Waals surface area contributed by atoms with Crippen LogP contribution in [-0.2, 0) is 4.79 Å². The van der Waals surface area contributed by atoms with Crippen LogP contribution in [-0.4, -0.2) is 31.8 Å². The zero-order valence-electron chi connectivity index (χ0n) is 14.1. The number of nitro benzene ring substituents is 1. The van der Waals surface area contributed by atoms with E-state index in [1.54, 1.807) is 25.1 Å². The van der Waals surface area contributed by atoms with Crippen molar-refractivity contribution in [3.63, 3.8) is 0 Å². The van der Waals surface area contributed by atoms with Crippen LogP contribution in [0, 0.1) is 17.0 Å². The van der Waals surface area contributed by atoms with Crippen LogP contribution in [0.25, 0.3) is 11.4 Å². The molecule has 10 heteroatoms. The molecule has 0 unspecified atom stereocenters. The second-order valence-electron chi connectivity index (χ2n) is 5.54. The molecule has 0 aliphatic heterocycles. The lowest BCUT2D eigenvalue weighted by Gasteiger charge is -2.05. The van der Waals surface area contributed by atoms with Gasteiger partial charge in [0.25, 0.3) is 5.69 Å². The number of carbonyl (C=O) groups is 1. The van der Waals surface area contributed by atoms with Crippen LogP contribution in [0.15, 0.2) is 47.6 Å². The van der Waals surface area contributed by atoms with Crippen LogP contribution in [0.2, 0.25) is 5.02 Å². The number of hydrogen-bond acceptors (Lipinski definition) is 6. The van der Waals surface area contributed by atoms with Gasteiger partial charge in [0.05, 0.1) is 15.7 Å². The normalized spacial score (nSPS) is 10.6. The molecule has 2 aromatic carbocycles. The van der Waals surface area contributed by atoms with Crippen molar-refractivity contribution in [3.8, 4) is 11.4 Å². The Bertz CT molecular complexity index is 1010. The second-order valence-corrected chi connectivity index (χ2v) is 6.89. The highest BCUT2D eigenvalue weighted by Crippen LogP contribution is 2.26. The second kappa shape index (κ2) is 8.19. The first-order valence-electron chi connectivity index (χ1n) is 7.79. The van der Waals surface area contributed by atoms with Crippen molar-refractivity contribution in [2.45, 2.75) is 12.1 Å². The summed E-state index contributed by atoms with van der Waals surface area (Å²) in [5.74, 6) is 0.251. The molecule has 0 bridgehead atoms. The molecule has 0 saturated carbocycles. The number of benzene rings is 2. The fraction of sp³-hybridized carbons (Fsp3) is 0.118. The van der Waals surface area contributed by atoms with E-state index in [2.05, 4.69) is 20.5 Å². The Hall–Kier alpha value is -2.91. The molecule has 0 aliphatic rings. The van der Waals surface area contributed by atoms with Crippen molar-refractivity contribution in [2.24, 2.45) is 0 Å². The number of anilines is 1. The number of hydrogen-bond donors (Lipinski definition) is 2. The quantitative estimate of drug-likeness (QED) is 0.364. The molecule has 3 rings (SSSR count). The standard InChI is InChI=1S/C17H14ClN5O3S/c1-10-6-7-11(8-14(10)23(25)26)19-15(24)9-27-17-20-16(21-22-17)12-4-2-3-5-13(12)18/h2-8H,9H2,1H3,(H,19,24)(H,20,21,22). The molecule has 0 atom stereocenters. The van der Waals surface area contributed by atoms with E-state index in [1.165, 1.54) is 6.07 Å². The van der Waals surface area contributed by atoms with Crippen molar-refractivity contribution in [1.82, 2.24) is 15.2 Å². The Morgan fingerprint density at radius 3 is 2.85 bits per heavy atom. The summed E-state index contributed by atoms with van der Waals surface area (Å²) < 4.78 is 0. The van der Waals surface area contributed by atoms with Crippen molar-refractivity contribution >= 4 is 40.6 Å². The SMILES string of the molecule is Cc1ccc(NC(=O)CSc2n[nH]c(-c3ccccc3Cl)n2)cc1[N+](=O)[O-]. The van der Waals surface area contributed by atoms with E-state index in [9.17, 15) is 14.9 Å². The van der Waals surface area contributed by atoms with E-state index in [4.69, 9.17) is 11.6 Å². The van der Waals surface area contributed by atoms with Crippen molar-refractivity contribution in [3.05, 3.63) is 63.2 Å². The van der Waals surface area contributed by atoms with Gasteiger partial charge in [-0.25, -0.2) is 4.98 Å². The maximum Gasteiger partial charge on any atom is 0.274 e. The van der Waals surface area contributed by atoms with Gasteiger partial charge in [0.1, 0.15) is 0 Å². The number of nitro groups is 1. The lowest BCUT2D eigenvalue weighted by molar-refractivity contribution is -0.385. The van der Waals surface area contributed by atoms with Gasteiger partial charge in [-0.3, -0.25) is 20.0 Å². The molecule has 0 aliphatic carbocycles. The first-order chi connectivity index (χ1) is 12.9. The highest BCUT2D eigenvalue weighted by molar-refractivity contribution is 7.99. The van der Waals surface area contributed by atoms with Gasteiger partial charge < -0.3 is 5.32 Å². The van der Waals surface area contributed by atoms with Crippen molar-refractivity contribution in [1.29, 1.82) is 0 Å². The summed E-state index contributed by atoms with van der Waals surface area (Å²) >= 11 is 7.27. The monoisotopic (exact) mass is 403 g/mol. The van der Waals surface area contributed by atoms with Gasteiger partial charge in [-0.05, 0) is 25.1 Å². The van der Waals surface area contributed by atoms with Crippen LogP contribution in [0.1, 0.15) is 5.56 Å². The average Bonchev–Trinajstić information content (AvgIpc) is 3.10. The number of rotatable bonds is 6. The summed E-state index contributed by atoms with van der Waals surface area (Å²) in [5.41, 5.74) is 1.57.